The second kappa shape index (κ2) is 6.04. The van der Waals surface area contributed by atoms with Crippen LogP contribution in [0, 0.1) is 5.92 Å². The van der Waals surface area contributed by atoms with Crippen LogP contribution in [0.25, 0.3) is 0 Å². The molecule has 3 unspecified atom stereocenters. The second-order valence-corrected chi connectivity index (χ2v) is 6.08. The SMILES string of the molecule is CC(F)C(C)CCc1cccc2c1CCN(C)C2C. The second-order valence-electron chi connectivity index (χ2n) is 6.08. The first-order chi connectivity index (χ1) is 9.00. The maximum absolute atomic E-state index is 13.2. The number of benzene rings is 1. The molecule has 0 aromatic heterocycles. The van der Waals surface area contributed by atoms with E-state index in [1.54, 1.807) is 6.92 Å². The van der Waals surface area contributed by atoms with Crippen LogP contribution in [-0.4, -0.2) is 24.7 Å². The molecule has 1 nitrogen and oxygen atoms in total. The molecule has 2 rings (SSSR count). The lowest BCUT2D eigenvalue weighted by atomic mass is 9.87. The topological polar surface area (TPSA) is 3.24 Å². The minimum atomic E-state index is -0.704. The third-order valence-electron chi connectivity index (χ3n) is 4.79. The summed E-state index contributed by atoms with van der Waals surface area (Å²) in [6, 6.07) is 7.14. The molecule has 1 aromatic rings. The van der Waals surface area contributed by atoms with Gasteiger partial charge in [-0.1, -0.05) is 25.1 Å². The van der Waals surface area contributed by atoms with E-state index in [-0.39, 0.29) is 5.92 Å². The molecular weight excluding hydrogens is 237 g/mol. The predicted molar refractivity (Wildman–Crippen MR) is 79.2 cm³/mol. The smallest absolute Gasteiger partial charge is 0.0999 e. The molecule has 0 spiro atoms. The monoisotopic (exact) mass is 263 g/mol. The molecule has 1 aliphatic rings. The van der Waals surface area contributed by atoms with Crippen molar-refractivity contribution in [3.63, 3.8) is 0 Å². The Morgan fingerprint density at radius 1 is 1.37 bits per heavy atom. The fourth-order valence-electron chi connectivity index (χ4n) is 2.92. The van der Waals surface area contributed by atoms with Gasteiger partial charge >= 0.3 is 0 Å². The highest BCUT2D eigenvalue weighted by Gasteiger charge is 2.22. The number of hydrogen-bond donors (Lipinski definition) is 0. The first-order valence-electron chi connectivity index (χ1n) is 7.45. The zero-order valence-electron chi connectivity index (χ0n) is 12.6. The van der Waals surface area contributed by atoms with Gasteiger partial charge in [0, 0.05) is 12.6 Å². The molecule has 106 valence electrons. The lowest BCUT2D eigenvalue weighted by Crippen LogP contribution is -2.31. The van der Waals surface area contributed by atoms with Crippen LogP contribution in [0.5, 0.6) is 0 Å². The van der Waals surface area contributed by atoms with Crippen LogP contribution in [0.4, 0.5) is 4.39 Å². The summed E-state index contributed by atoms with van der Waals surface area (Å²) in [5.41, 5.74) is 4.42. The van der Waals surface area contributed by atoms with E-state index in [1.807, 2.05) is 6.92 Å². The van der Waals surface area contributed by atoms with Crippen molar-refractivity contribution in [3.05, 3.63) is 34.9 Å². The van der Waals surface area contributed by atoms with E-state index in [2.05, 4.69) is 37.1 Å². The fraction of sp³-hybridized carbons (Fsp3) is 0.647. The molecule has 2 heteroatoms. The molecule has 1 aliphatic heterocycles. The van der Waals surface area contributed by atoms with Crippen molar-refractivity contribution >= 4 is 0 Å². The third kappa shape index (κ3) is 3.17. The number of fused-ring (bicyclic) bond motifs is 1. The highest BCUT2D eigenvalue weighted by atomic mass is 19.1. The Morgan fingerprint density at radius 2 is 2.11 bits per heavy atom. The fourth-order valence-corrected chi connectivity index (χ4v) is 2.92. The summed E-state index contributed by atoms with van der Waals surface area (Å²) in [7, 11) is 2.19. The third-order valence-corrected chi connectivity index (χ3v) is 4.79. The molecule has 3 atom stereocenters. The zero-order chi connectivity index (χ0) is 14.0. The number of aryl methyl sites for hydroxylation is 1. The van der Waals surface area contributed by atoms with Gasteiger partial charge in [-0.25, -0.2) is 4.39 Å². The largest absolute Gasteiger partial charge is 0.299 e. The summed E-state index contributed by atoms with van der Waals surface area (Å²) >= 11 is 0. The average molecular weight is 263 g/mol. The average Bonchev–Trinajstić information content (AvgIpc) is 2.40. The Bertz CT molecular complexity index is 427. The van der Waals surface area contributed by atoms with E-state index in [0.29, 0.717) is 6.04 Å². The van der Waals surface area contributed by atoms with Crippen LogP contribution in [0.1, 0.15) is 49.9 Å². The first-order valence-corrected chi connectivity index (χ1v) is 7.45. The van der Waals surface area contributed by atoms with Crippen molar-refractivity contribution in [2.75, 3.05) is 13.6 Å². The number of halogens is 1. The Morgan fingerprint density at radius 3 is 2.79 bits per heavy atom. The maximum Gasteiger partial charge on any atom is 0.0999 e. The summed E-state index contributed by atoms with van der Waals surface area (Å²) in [5.74, 6) is 0.152. The molecule has 1 heterocycles. The minimum absolute atomic E-state index is 0.152. The lowest BCUT2D eigenvalue weighted by Gasteiger charge is -2.33. The standard InChI is InChI=1S/C17H26FN/c1-12(13(2)18)8-9-15-6-5-7-16-14(3)19(4)11-10-17(15)16/h5-7,12-14H,8-11H2,1-4H3. The van der Waals surface area contributed by atoms with Crippen molar-refractivity contribution in [1.82, 2.24) is 4.90 Å². The van der Waals surface area contributed by atoms with Crippen molar-refractivity contribution in [2.24, 2.45) is 5.92 Å². The van der Waals surface area contributed by atoms with Gasteiger partial charge in [0.15, 0.2) is 0 Å². The number of likely N-dealkylation sites (N-methyl/N-ethyl adjacent to an activating group) is 1. The normalized spacial score (nSPS) is 22.9. The summed E-state index contributed by atoms with van der Waals surface area (Å²) in [4.78, 5) is 2.40. The Kier molecular flexibility index (Phi) is 4.62. The Balaban J connectivity index is 2.15. The summed E-state index contributed by atoms with van der Waals surface area (Å²) < 4.78 is 13.2. The molecule has 0 radical (unpaired) electrons. The maximum atomic E-state index is 13.2. The van der Waals surface area contributed by atoms with Crippen molar-refractivity contribution in [1.29, 1.82) is 0 Å². The number of hydrogen-bond acceptors (Lipinski definition) is 1. The van der Waals surface area contributed by atoms with E-state index in [1.165, 1.54) is 16.7 Å². The van der Waals surface area contributed by atoms with Gasteiger partial charge in [-0.05, 0) is 62.8 Å². The van der Waals surface area contributed by atoms with Gasteiger partial charge in [0.05, 0.1) is 6.17 Å². The van der Waals surface area contributed by atoms with Crippen LogP contribution in [0.15, 0.2) is 18.2 Å². The number of alkyl halides is 1. The number of nitrogens with zero attached hydrogens (tertiary/aromatic N) is 1. The molecule has 0 saturated carbocycles. The predicted octanol–water partition coefficient (Wildman–Crippen LogP) is 4.16. The molecule has 0 N–H and O–H groups in total. The highest BCUT2D eigenvalue weighted by Crippen LogP contribution is 2.31. The van der Waals surface area contributed by atoms with Gasteiger partial charge in [0.2, 0.25) is 0 Å². The van der Waals surface area contributed by atoms with Crippen LogP contribution in [-0.2, 0) is 12.8 Å². The highest BCUT2D eigenvalue weighted by molar-refractivity contribution is 5.39. The van der Waals surface area contributed by atoms with Crippen LogP contribution in [0.3, 0.4) is 0 Å². The molecule has 0 bridgehead atoms. The zero-order valence-corrected chi connectivity index (χ0v) is 12.6. The summed E-state index contributed by atoms with van der Waals surface area (Å²) in [5, 5.41) is 0. The Hall–Kier alpha value is -0.890. The van der Waals surface area contributed by atoms with Crippen molar-refractivity contribution in [3.8, 4) is 0 Å². The van der Waals surface area contributed by atoms with Gasteiger partial charge < -0.3 is 0 Å². The first kappa shape index (κ1) is 14.5. The Labute approximate surface area is 116 Å². The van der Waals surface area contributed by atoms with E-state index in [9.17, 15) is 4.39 Å². The van der Waals surface area contributed by atoms with Gasteiger partial charge in [-0.15, -0.1) is 0 Å². The lowest BCUT2D eigenvalue weighted by molar-refractivity contribution is 0.244. The van der Waals surface area contributed by atoms with Gasteiger partial charge in [0.25, 0.3) is 0 Å². The molecule has 0 saturated heterocycles. The molecule has 0 aliphatic carbocycles. The molecule has 1 aromatic carbocycles. The van der Waals surface area contributed by atoms with E-state index >= 15 is 0 Å². The van der Waals surface area contributed by atoms with Crippen LogP contribution < -0.4 is 0 Å². The van der Waals surface area contributed by atoms with Crippen LogP contribution in [0.2, 0.25) is 0 Å². The summed E-state index contributed by atoms with van der Waals surface area (Å²) in [6.45, 7) is 7.08. The molecule has 19 heavy (non-hydrogen) atoms. The van der Waals surface area contributed by atoms with Crippen molar-refractivity contribution in [2.45, 2.75) is 52.2 Å². The van der Waals surface area contributed by atoms with Crippen molar-refractivity contribution < 1.29 is 4.39 Å². The van der Waals surface area contributed by atoms with E-state index in [0.717, 1.165) is 25.8 Å². The summed E-state index contributed by atoms with van der Waals surface area (Å²) in [6.07, 6.45) is 2.38. The minimum Gasteiger partial charge on any atom is -0.299 e. The van der Waals surface area contributed by atoms with Crippen LogP contribution >= 0.6 is 0 Å². The molecular formula is C17H26FN. The van der Waals surface area contributed by atoms with E-state index < -0.39 is 6.17 Å². The van der Waals surface area contributed by atoms with Gasteiger partial charge in [0.1, 0.15) is 0 Å². The molecule has 0 amide bonds. The number of rotatable bonds is 4. The van der Waals surface area contributed by atoms with Gasteiger partial charge in [-0.3, -0.25) is 4.90 Å². The molecule has 0 fully saturated rings. The van der Waals surface area contributed by atoms with E-state index in [4.69, 9.17) is 0 Å². The quantitative estimate of drug-likeness (QED) is 0.788. The van der Waals surface area contributed by atoms with Gasteiger partial charge in [-0.2, -0.15) is 0 Å².